The van der Waals surface area contributed by atoms with Crippen LogP contribution in [0, 0.1) is 0 Å². The zero-order valence-electron chi connectivity index (χ0n) is 11.3. The van der Waals surface area contributed by atoms with Gasteiger partial charge in [-0.25, -0.2) is 13.2 Å². The summed E-state index contributed by atoms with van der Waals surface area (Å²) in [4.78, 5) is 11.6. The fraction of sp³-hybridized carbons (Fsp3) is 0.0714. The van der Waals surface area contributed by atoms with Gasteiger partial charge in [0, 0.05) is 10.7 Å². The molecule has 0 aliphatic carbocycles. The molecule has 0 amide bonds. The quantitative estimate of drug-likeness (QED) is 0.846. The fourth-order valence-electron chi connectivity index (χ4n) is 1.68. The maximum atomic E-state index is 12.2. The third kappa shape index (κ3) is 3.71. The summed E-state index contributed by atoms with van der Waals surface area (Å²) in [6.45, 7) is 0. The molecule has 2 rings (SSSR count). The number of benzene rings is 2. The Morgan fingerprint density at radius 2 is 1.73 bits per heavy atom. The Balaban J connectivity index is 2.34. The molecule has 0 radical (unpaired) electrons. The van der Waals surface area contributed by atoms with Crippen molar-refractivity contribution in [3.8, 4) is 0 Å². The third-order valence-electron chi connectivity index (χ3n) is 2.75. The second-order valence-electron chi connectivity index (χ2n) is 4.25. The smallest absolute Gasteiger partial charge is 0.339 e. The Kier molecular flexibility index (Phi) is 4.95. The molecule has 1 N–H and O–H groups in total. The van der Waals surface area contributed by atoms with Crippen molar-refractivity contribution in [2.24, 2.45) is 0 Å². The Morgan fingerprint density at radius 1 is 1.09 bits per heavy atom. The second-order valence-corrected chi connectivity index (χ2v) is 6.77. The zero-order valence-corrected chi connectivity index (χ0v) is 13.7. The first kappa shape index (κ1) is 16.6. The van der Waals surface area contributed by atoms with Gasteiger partial charge in [0.15, 0.2) is 0 Å². The first-order valence-electron chi connectivity index (χ1n) is 6.00. The molecule has 22 heavy (non-hydrogen) atoms. The van der Waals surface area contributed by atoms with Crippen LogP contribution in [-0.2, 0) is 14.8 Å². The van der Waals surface area contributed by atoms with Crippen LogP contribution in [0.25, 0.3) is 0 Å². The maximum Gasteiger partial charge on any atom is 0.339 e. The van der Waals surface area contributed by atoms with Crippen LogP contribution in [0.15, 0.2) is 47.4 Å². The molecule has 0 saturated carbocycles. The average molecular weight is 360 g/mol. The predicted octanol–water partition coefficient (Wildman–Crippen LogP) is 3.58. The number of carbonyl (C=O) groups is 1. The molecule has 0 aliphatic heterocycles. The van der Waals surface area contributed by atoms with Crippen molar-refractivity contribution in [3.63, 3.8) is 0 Å². The van der Waals surface area contributed by atoms with E-state index in [0.29, 0.717) is 5.02 Å². The molecule has 5 nitrogen and oxygen atoms in total. The zero-order chi connectivity index (χ0) is 16.3. The molecule has 0 saturated heterocycles. The van der Waals surface area contributed by atoms with Crippen LogP contribution in [0.3, 0.4) is 0 Å². The lowest BCUT2D eigenvalue weighted by atomic mass is 10.2. The highest BCUT2D eigenvalue weighted by molar-refractivity contribution is 7.92. The van der Waals surface area contributed by atoms with Crippen molar-refractivity contribution in [3.05, 3.63) is 58.1 Å². The van der Waals surface area contributed by atoms with Crippen molar-refractivity contribution in [1.29, 1.82) is 0 Å². The third-order valence-corrected chi connectivity index (χ3v) is 4.73. The molecular formula is C14H11Cl2NO4S. The minimum Gasteiger partial charge on any atom is -0.465 e. The number of anilines is 1. The van der Waals surface area contributed by atoms with Crippen LogP contribution >= 0.6 is 23.2 Å². The Morgan fingerprint density at radius 3 is 2.32 bits per heavy atom. The Bertz CT molecular complexity index is 804. The number of rotatable bonds is 4. The lowest BCUT2D eigenvalue weighted by Crippen LogP contribution is -2.13. The predicted molar refractivity (Wildman–Crippen MR) is 85.1 cm³/mol. The topological polar surface area (TPSA) is 72.5 Å². The van der Waals surface area contributed by atoms with Gasteiger partial charge in [0.25, 0.3) is 10.0 Å². The monoisotopic (exact) mass is 359 g/mol. The van der Waals surface area contributed by atoms with Crippen molar-refractivity contribution in [2.75, 3.05) is 11.8 Å². The van der Waals surface area contributed by atoms with Crippen LogP contribution in [0.2, 0.25) is 10.0 Å². The summed E-state index contributed by atoms with van der Waals surface area (Å²) in [5, 5.41) is 0.597. The summed E-state index contributed by atoms with van der Waals surface area (Å²) in [5.41, 5.74) is 0.264. The standard InChI is InChI=1S/C14H11Cl2NO4S/c1-21-14(18)12-8-10(4-7-13(12)16)17-22(19,20)11-5-2-9(15)3-6-11/h2-8,17H,1H3. The molecule has 116 valence electrons. The first-order valence-corrected chi connectivity index (χ1v) is 8.23. The number of hydrogen-bond donors (Lipinski definition) is 1. The molecule has 0 aromatic heterocycles. The molecule has 0 bridgehead atoms. The van der Waals surface area contributed by atoms with Gasteiger partial charge in [-0.3, -0.25) is 4.72 Å². The molecular weight excluding hydrogens is 349 g/mol. The van der Waals surface area contributed by atoms with E-state index in [1.54, 1.807) is 0 Å². The summed E-state index contributed by atoms with van der Waals surface area (Å²) in [7, 11) is -2.58. The number of carbonyl (C=O) groups excluding carboxylic acids is 1. The Hall–Kier alpha value is -1.76. The molecule has 0 heterocycles. The normalized spacial score (nSPS) is 11.0. The van der Waals surface area contributed by atoms with Gasteiger partial charge in [-0.1, -0.05) is 23.2 Å². The van der Waals surface area contributed by atoms with Gasteiger partial charge in [-0.2, -0.15) is 0 Å². The van der Waals surface area contributed by atoms with Crippen LogP contribution in [0.5, 0.6) is 0 Å². The van der Waals surface area contributed by atoms with E-state index in [2.05, 4.69) is 9.46 Å². The molecule has 2 aromatic rings. The van der Waals surface area contributed by atoms with Crippen molar-refractivity contribution in [2.45, 2.75) is 4.90 Å². The minimum atomic E-state index is -3.80. The van der Waals surface area contributed by atoms with Crippen LogP contribution < -0.4 is 4.72 Å². The number of esters is 1. The number of methoxy groups -OCH3 is 1. The summed E-state index contributed by atoms with van der Waals surface area (Å²) >= 11 is 11.6. The van der Waals surface area contributed by atoms with Crippen LogP contribution in [0.1, 0.15) is 10.4 Å². The molecule has 0 unspecified atom stereocenters. The van der Waals surface area contributed by atoms with Gasteiger partial charge in [0.2, 0.25) is 0 Å². The SMILES string of the molecule is COC(=O)c1cc(NS(=O)(=O)c2ccc(Cl)cc2)ccc1Cl. The van der Waals surface area contributed by atoms with Gasteiger partial charge >= 0.3 is 5.97 Å². The lowest BCUT2D eigenvalue weighted by molar-refractivity contribution is 0.0601. The number of nitrogens with one attached hydrogen (secondary N) is 1. The van der Waals surface area contributed by atoms with Gasteiger partial charge in [0.05, 0.1) is 22.6 Å². The summed E-state index contributed by atoms with van der Waals surface area (Å²) < 4.78 is 31.4. The maximum absolute atomic E-state index is 12.2. The van der Waals surface area contributed by atoms with E-state index in [1.807, 2.05) is 0 Å². The van der Waals surface area contributed by atoms with E-state index in [4.69, 9.17) is 23.2 Å². The molecule has 0 atom stereocenters. The van der Waals surface area contributed by atoms with Crippen molar-refractivity contribution >= 4 is 44.9 Å². The van der Waals surface area contributed by atoms with E-state index in [0.717, 1.165) is 0 Å². The highest BCUT2D eigenvalue weighted by Crippen LogP contribution is 2.24. The van der Waals surface area contributed by atoms with Gasteiger partial charge in [0.1, 0.15) is 0 Å². The minimum absolute atomic E-state index is 0.0477. The Labute approximate surface area is 137 Å². The average Bonchev–Trinajstić information content (AvgIpc) is 2.48. The van der Waals surface area contributed by atoms with Gasteiger partial charge in [-0.05, 0) is 42.5 Å². The van der Waals surface area contributed by atoms with Gasteiger partial charge < -0.3 is 4.74 Å². The van der Waals surface area contributed by atoms with Crippen molar-refractivity contribution < 1.29 is 17.9 Å². The molecule has 0 fully saturated rings. The molecule has 8 heteroatoms. The lowest BCUT2D eigenvalue weighted by Gasteiger charge is -2.10. The van der Waals surface area contributed by atoms with Gasteiger partial charge in [-0.15, -0.1) is 0 Å². The fourth-order valence-corrected chi connectivity index (χ4v) is 3.05. The van der Waals surface area contributed by atoms with Crippen molar-refractivity contribution in [1.82, 2.24) is 0 Å². The number of hydrogen-bond acceptors (Lipinski definition) is 4. The summed E-state index contributed by atoms with van der Waals surface area (Å²) in [6.07, 6.45) is 0. The van der Waals surface area contributed by atoms with E-state index >= 15 is 0 Å². The summed E-state index contributed by atoms with van der Waals surface area (Å²) in [5.74, 6) is -0.655. The highest BCUT2D eigenvalue weighted by Gasteiger charge is 2.17. The van der Waals surface area contributed by atoms with Crippen LogP contribution in [0.4, 0.5) is 5.69 Å². The number of ether oxygens (including phenoxy) is 1. The molecule has 2 aromatic carbocycles. The van der Waals surface area contributed by atoms with Crippen LogP contribution in [-0.4, -0.2) is 21.5 Å². The van der Waals surface area contributed by atoms with E-state index < -0.39 is 16.0 Å². The molecule has 0 aliphatic rings. The number of sulfonamides is 1. The van der Waals surface area contributed by atoms with E-state index in [1.165, 1.54) is 49.6 Å². The molecule has 0 spiro atoms. The highest BCUT2D eigenvalue weighted by atomic mass is 35.5. The van der Waals surface area contributed by atoms with E-state index in [-0.39, 0.29) is 21.2 Å². The van der Waals surface area contributed by atoms with E-state index in [9.17, 15) is 13.2 Å². The first-order chi connectivity index (χ1) is 10.3. The second kappa shape index (κ2) is 6.56. The number of halogens is 2. The largest absolute Gasteiger partial charge is 0.465 e. The summed E-state index contributed by atoms with van der Waals surface area (Å²) in [6, 6.07) is 9.86.